The van der Waals surface area contributed by atoms with Gasteiger partial charge in [0, 0.05) is 35.7 Å². The zero-order valence-electron chi connectivity index (χ0n) is 17.2. The lowest BCUT2D eigenvalue weighted by Gasteiger charge is -2.31. The first-order chi connectivity index (χ1) is 14.2. The molecular formula is C22H26ClFN2O4S. The number of Topliss-reactive ketones (excluding diaryl/α,β-unsaturated/α-hetero) is 2. The molecule has 0 radical (unpaired) electrons. The maximum Gasteiger partial charge on any atom is 0.229 e. The van der Waals surface area contributed by atoms with Crippen molar-refractivity contribution in [1.29, 1.82) is 0 Å². The van der Waals surface area contributed by atoms with Gasteiger partial charge in [-0.3, -0.25) is 14.3 Å². The Morgan fingerprint density at radius 3 is 2.10 bits per heavy atom. The van der Waals surface area contributed by atoms with E-state index >= 15 is 0 Å². The van der Waals surface area contributed by atoms with Gasteiger partial charge in [0.1, 0.15) is 5.82 Å². The molecule has 0 saturated carbocycles. The number of ketones is 2. The van der Waals surface area contributed by atoms with Crippen LogP contribution in [-0.4, -0.2) is 50.8 Å². The summed E-state index contributed by atoms with van der Waals surface area (Å²) in [6.07, 6.45) is 2.87. The average Bonchev–Trinajstić information content (AvgIpc) is 2.72. The van der Waals surface area contributed by atoms with Gasteiger partial charge in [-0.25, -0.2) is 12.8 Å². The van der Waals surface area contributed by atoms with Crippen LogP contribution in [0.5, 0.6) is 0 Å². The van der Waals surface area contributed by atoms with E-state index in [2.05, 4.69) is 9.62 Å². The second kappa shape index (κ2) is 10.8. The molecule has 0 unspecified atom stereocenters. The molecule has 168 valence electrons. The Bertz CT molecular complexity index is 1000. The number of carbonyl (C=O) groups excluding carboxylic acids is 2. The normalized spacial score (nSPS) is 15.2. The zero-order valence-corrected chi connectivity index (χ0v) is 18.8. The zero-order chi connectivity index (χ0) is 21.7. The Labute approximate surface area is 188 Å². The Morgan fingerprint density at radius 2 is 1.55 bits per heavy atom. The summed E-state index contributed by atoms with van der Waals surface area (Å²) in [4.78, 5) is 27.1. The first-order valence-electron chi connectivity index (χ1n) is 9.84. The summed E-state index contributed by atoms with van der Waals surface area (Å²) < 4.78 is 37.9. The highest BCUT2D eigenvalue weighted by Gasteiger charge is 2.26. The third-order valence-electron chi connectivity index (χ3n) is 5.25. The number of benzene rings is 2. The molecule has 0 spiro atoms. The van der Waals surface area contributed by atoms with Crippen LogP contribution in [0.15, 0.2) is 48.5 Å². The SMILES string of the molecule is CS(=O)(=O)Nc1ccc(C(=O)CCN2CCC(C(=O)c3ccc(F)cc3)CC2)cc1.Cl. The molecule has 1 aliphatic rings. The molecule has 3 rings (SSSR count). The number of likely N-dealkylation sites (tertiary alicyclic amines) is 1. The Hall–Kier alpha value is -2.29. The maximum atomic E-state index is 13.0. The number of piperidine rings is 1. The molecule has 1 N–H and O–H groups in total. The van der Waals surface area contributed by atoms with Crippen LogP contribution in [-0.2, 0) is 10.0 Å². The molecule has 1 saturated heterocycles. The minimum Gasteiger partial charge on any atom is -0.303 e. The van der Waals surface area contributed by atoms with Crippen LogP contribution in [0.2, 0.25) is 0 Å². The standard InChI is InChI=1S/C22H25FN2O4S.ClH/c1-30(28,29)24-20-8-4-16(5-9-20)21(26)12-15-25-13-10-18(11-14-25)22(27)17-2-6-19(23)7-3-17;/h2-9,18,24H,10-15H2,1H3;1H. The molecule has 2 aromatic carbocycles. The van der Waals surface area contributed by atoms with Crippen molar-refractivity contribution in [2.45, 2.75) is 19.3 Å². The summed E-state index contributed by atoms with van der Waals surface area (Å²) >= 11 is 0. The number of hydrogen-bond donors (Lipinski definition) is 1. The minimum atomic E-state index is -3.35. The van der Waals surface area contributed by atoms with Crippen molar-refractivity contribution in [3.05, 3.63) is 65.5 Å². The Kier molecular flexibility index (Phi) is 8.73. The van der Waals surface area contributed by atoms with Crippen molar-refractivity contribution in [1.82, 2.24) is 4.90 Å². The largest absolute Gasteiger partial charge is 0.303 e. The summed E-state index contributed by atoms with van der Waals surface area (Å²) in [5, 5.41) is 0. The van der Waals surface area contributed by atoms with Gasteiger partial charge in [0.25, 0.3) is 0 Å². The lowest BCUT2D eigenvalue weighted by molar-refractivity contribution is 0.0822. The molecule has 0 aromatic heterocycles. The second-order valence-corrected chi connectivity index (χ2v) is 9.36. The van der Waals surface area contributed by atoms with Gasteiger partial charge in [-0.05, 0) is 74.5 Å². The van der Waals surface area contributed by atoms with Gasteiger partial charge in [-0.2, -0.15) is 0 Å². The monoisotopic (exact) mass is 468 g/mol. The fourth-order valence-corrected chi connectivity index (χ4v) is 4.18. The summed E-state index contributed by atoms with van der Waals surface area (Å²) in [5.41, 5.74) is 1.50. The van der Waals surface area contributed by atoms with Crippen molar-refractivity contribution in [2.75, 3.05) is 30.6 Å². The van der Waals surface area contributed by atoms with Gasteiger partial charge >= 0.3 is 0 Å². The van der Waals surface area contributed by atoms with Gasteiger partial charge in [0.15, 0.2) is 11.6 Å². The first kappa shape index (κ1) is 25.0. The number of sulfonamides is 1. The predicted molar refractivity (Wildman–Crippen MR) is 121 cm³/mol. The van der Waals surface area contributed by atoms with Crippen LogP contribution in [0.1, 0.15) is 40.0 Å². The Balaban J connectivity index is 0.00000341. The van der Waals surface area contributed by atoms with E-state index in [1.165, 1.54) is 24.3 Å². The summed E-state index contributed by atoms with van der Waals surface area (Å²) in [5.74, 6) is -0.386. The maximum absolute atomic E-state index is 13.0. The van der Waals surface area contributed by atoms with E-state index < -0.39 is 10.0 Å². The molecular weight excluding hydrogens is 443 g/mol. The Morgan fingerprint density at radius 1 is 1.00 bits per heavy atom. The van der Waals surface area contributed by atoms with Crippen LogP contribution in [0.3, 0.4) is 0 Å². The second-order valence-electron chi connectivity index (χ2n) is 7.61. The molecule has 1 fully saturated rings. The molecule has 0 atom stereocenters. The van der Waals surface area contributed by atoms with Crippen LogP contribution in [0.4, 0.5) is 10.1 Å². The quantitative estimate of drug-likeness (QED) is 0.596. The fourth-order valence-electron chi connectivity index (χ4n) is 3.61. The van der Waals surface area contributed by atoms with Crippen molar-refractivity contribution >= 4 is 39.7 Å². The van der Waals surface area contributed by atoms with E-state index in [9.17, 15) is 22.4 Å². The van der Waals surface area contributed by atoms with E-state index in [1.54, 1.807) is 24.3 Å². The molecule has 31 heavy (non-hydrogen) atoms. The number of halogens is 2. The lowest BCUT2D eigenvalue weighted by atomic mass is 9.89. The van der Waals surface area contributed by atoms with E-state index in [0.29, 0.717) is 29.8 Å². The van der Waals surface area contributed by atoms with Crippen LogP contribution < -0.4 is 4.72 Å². The molecule has 1 aliphatic heterocycles. The number of nitrogens with zero attached hydrogens (tertiary/aromatic N) is 1. The third-order valence-corrected chi connectivity index (χ3v) is 5.86. The lowest BCUT2D eigenvalue weighted by Crippen LogP contribution is -2.37. The smallest absolute Gasteiger partial charge is 0.229 e. The van der Waals surface area contributed by atoms with E-state index in [4.69, 9.17) is 0 Å². The molecule has 1 heterocycles. The van der Waals surface area contributed by atoms with Crippen molar-refractivity contribution in [3.63, 3.8) is 0 Å². The van der Waals surface area contributed by atoms with Gasteiger partial charge in [-0.15, -0.1) is 12.4 Å². The van der Waals surface area contributed by atoms with Gasteiger partial charge in [-0.1, -0.05) is 0 Å². The number of carbonyl (C=O) groups is 2. The number of hydrogen-bond acceptors (Lipinski definition) is 5. The summed E-state index contributed by atoms with van der Waals surface area (Å²) in [6, 6.07) is 12.0. The highest BCUT2D eigenvalue weighted by Crippen LogP contribution is 2.22. The van der Waals surface area contributed by atoms with E-state index in [1.807, 2.05) is 0 Å². The van der Waals surface area contributed by atoms with Crippen LogP contribution in [0.25, 0.3) is 0 Å². The molecule has 2 aromatic rings. The third kappa shape index (κ3) is 7.41. The topological polar surface area (TPSA) is 83.6 Å². The fraction of sp³-hybridized carbons (Fsp3) is 0.364. The molecule has 9 heteroatoms. The molecule has 0 bridgehead atoms. The molecule has 6 nitrogen and oxygen atoms in total. The average molecular weight is 469 g/mol. The predicted octanol–water partition coefficient (Wildman–Crippen LogP) is 3.79. The summed E-state index contributed by atoms with van der Waals surface area (Å²) in [7, 11) is -3.35. The number of rotatable bonds is 8. The number of nitrogens with one attached hydrogen (secondary N) is 1. The van der Waals surface area contributed by atoms with Crippen molar-refractivity contribution < 1.29 is 22.4 Å². The first-order valence-corrected chi connectivity index (χ1v) is 11.7. The van der Waals surface area contributed by atoms with Crippen molar-refractivity contribution in [2.24, 2.45) is 5.92 Å². The van der Waals surface area contributed by atoms with Gasteiger partial charge in [0.2, 0.25) is 10.0 Å². The minimum absolute atomic E-state index is 0. The van der Waals surface area contributed by atoms with E-state index in [0.717, 1.165) is 32.2 Å². The molecule has 0 aliphatic carbocycles. The van der Waals surface area contributed by atoms with Crippen molar-refractivity contribution in [3.8, 4) is 0 Å². The highest BCUT2D eigenvalue weighted by atomic mass is 35.5. The summed E-state index contributed by atoms with van der Waals surface area (Å²) in [6.45, 7) is 2.09. The van der Waals surface area contributed by atoms with Crippen LogP contribution >= 0.6 is 12.4 Å². The van der Waals surface area contributed by atoms with Crippen LogP contribution in [0, 0.1) is 11.7 Å². The highest BCUT2D eigenvalue weighted by molar-refractivity contribution is 7.92. The number of anilines is 1. The van der Waals surface area contributed by atoms with E-state index in [-0.39, 0.29) is 35.7 Å². The van der Waals surface area contributed by atoms with Gasteiger partial charge in [0.05, 0.1) is 6.26 Å². The molecule has 0 amide bonds. The van der Waals surface area contributed by atoms with Gasteiger partial charge < -0.3 is 4.90 Å².